The molecule has 1 fully saturated rings. The summed E-state index contributed by atoms with van der Waals surface area (Å²) in [4.78, 5) is 29.6. The molecule has 0 radical (unpaired) electrons. The summed E-state index contributed by atoms with van der Waals surface area (Å²) in [5.41, 5.74) is 0.841. The van der Waals surface area contributed by atoms with Gasteiger partial charge in [-0.15, -0.1) is 0 Å². The molecule has 0 saturated carbocycles. The second-order valence-corrected chi connectivity index (χ2v) is 7.82. The highest BCUT2D eigenvalue weighted by atomic mass is 19.1. The highest BCUT2D eigenvalue weighted by molar-refractivity contribution is 5.97. The van der Waals surface area contributed by atoms with Gasteiger partial charge in [0.25, 0.3) is 5.91 Å². The largest absolute Gasteiger partial charge is 0.370 e. The molecule has 2 aromatic carbocycles. The van der Waals surface area contributed by atoms with Crippen molar-refractivity contribution in [2.75, 3.05) is 31.1 Å². The zero-order chi connectivity index (χ0) is 21.7. The average Bonchev–Trinajstić information content (AvgIpc) is 2.98. The molecule has 3 rings (SSSR count). The minimum absolute atomic E-state index is 0.0747. The smallest absolute Gasteiger partial charge is 0.254 e. The van der Waals surface area contributed by atoms with E-state index in [1.807, 2.05) is 13.8 Å². The number of carbonyl (C=O) groups excluding carboxylic acids is 2. The number of hydrogen-bond donors (Lipinski definition) is 1. The van der Waals surface area contributed by atoms with Crippen molar-refractivity contribution in [3.05, 3.63) is 65.7 Å². The maximum Gasteiger partial charge on any atom is 0.254 e. The van der Waals surface area contributed by atoms with Gasteiger partial charge in [0.2, 0.25) is 5.91 Å². The van der Waals surface area contributed by atoms with Crippen molar-refractivity contribution in [1.82, 2.24) is 10.2 Å². The molecule has 1 saturated heterocycles. The second-order valence-electron chi connectivity index (χ2n) is 7.82. The molecule has 0 aliphatic carbocycles. The molecule has 0 aromatic heterocycles. The van der Waals surface area contributed by atoms with Gasteiger partial charge >= 0.3 is 0 Å². The molecule has 1 aliphatic rings. The number of nitrogens with zero attached hydrogens (tertiary/aromatic N) is 2. The summed E-state index contributed by atoms with van der Waals surface area (Å²) in [6, 6.07) is 11.3. The lowest BCUT2D eigenvalue weighted by Crippen LogP contribution is -2.52. The molecule has 2 aromatic rings. The Bertz CT molecular complexity index is 886. The van der Waals surface area contributed by atoms with E-state index < -0.39 is 17.8 Å². The van der Waals surface area contributed by atoms with Crippen LogP contribution in [0.25, 0.3) is 0 Å². The van der Waals surface area contributed by atoms with Gasteiger partial charge in [0.1, 0.15) is 17.7 Å². The topological polar surface area (TPSA) is 52.7 Å². The third-order valence-corrected chi connectivity index (χ3v) is 5.34. The minimum atomic E-state index is -0.741. The van der Waals surface area contributed by atoms with Crippen LogP contribution >= 0.6 is 0 Å². The van der Waals surface area contributed by atoms with E-state index in [-0.39, 0.29) is 23.2 Å². The molecule has 7 heteroatoms. The van der Waals surface area contributed by atoms with Crippen LogP contribution in [0.15, 0.2) is 48.5 Å². The summed E-state index contributed by atoms with van der Waals surface area (Å²) in [6.07, 6.45) is 0.759. The Morgan fingerprint density at radius 2 is 1.63 bits per heavy atom. The third kappa shape index (κ3) is 5.14. The molecular formula is C23H27F2N3O2. The van der Waals surface area contributed by atoms with Crippen LogP contribution in [0.1, 0.15) is 30.6 Å². The van der Waals surface area contributed by atoms with E-state index in [1.54, 1.807) is 23.1 Å². The molecule has 1 N–H and O–H groups in total. The zero-order valence-corrected chi connectivity index (χ0v) is 17.3. The summed E-state index contributed by atoms with van der Waals surface area (Å²) >= 11 is 0. The van der Waals surface area contributed by atoms with E-state index >= 15 is 0 Å². The number of benzene rings is 2. The Kier molecular flexibility index (Phi) is 7.03. The quantitative estimate of drug-likeness (QED) is 0.814. The second kappa shape index (κ2) is 9.69. The van der Waals surface area contributed by atoms with Crippen molar-refractivity contribution in [2.45, 2.75) is 26.3 Å². The highest BCUT2D eigenvalue weighted by Crippen LogP contribution is 2.18. The molecule has 1 unspecified atom stereocenters. The first kappa shape index (κ1) is 21.7. The standard InChI is InChI=1S/C23H27F2N3O2/c1-16(2)21(26-22(29)19-6-3-4-7-20(19)25)23(30)28-13-5-12-27(14-15-28)18-10-8-17(24)9-11-18/h3-4,6-11,16,21H,5,12-15H2,1-2H3,(H,26,29). The van der Waals surface area contributed by atoms with Crippen molar-refractivity contribution in [2.24, 2.45) is 5.92 Å². The highest BCUT2D eigenvalue weighted by Gasteiger charge is 2.30. The number of amides is 2. The maximum absolute atomic E-state index is 13.9. The third-order valence-electron chi connectivity index (χ3n) is 5.34. The number of anilines is 1. The van der Waals surface area contributed by atoms with E-state index in [9.17, 15) is 18.4 Å². The first-order valence-corrected chi connectivity index (χ1v) is 10.2. The van der Waals surface area contributed by atoms with Crippen LogP contribution in [0, 0.1) is 17.6 Å². The van der Waals surface area contributed by atoms with Crippen LogP contribution in [0.4, 0.5) is 14.5 Å². The Hall–Kier alpha value is -2.96. The Balaban J connectivity index is 1.67. The molecule has 0 bridgehead atoms. The van der Waals surface area contributed by atoms with Gasteiger partial charge in [-0.25, -0.2) is 8.78 Å². The van der Waals surface area contributed by atoms with E-state index in [0.29, 0.717) is 19.6 Å². The van der Waals surface area contributed by atoms with E-state index in [2.05, 4.69) is 10.2 Å². The fraction of sp³-hybridized carbons (Fsp3) is 0.391. The monoisotopic (exact) mass is 415 g/mol. The summed E-state index contributed by atoms with van der Waals surface area (Å²) < 4.78 is 27.1. The van der Waals surface area contributed by atoms with Crippen molar-refractivity contribution in [3.8, 4) is 0 Å². The van der Waals surface area contributed by atoms with E-state index in [0.717, 1.165) is 18.7 Å². The predicted octanol–water partition coefficient (Wildman–Crippen LogP) is 3.46. The van der Waals surface area contributed by atoms with Gasteiger partial charge in [-0.3, -0.25) is 9.59 Å². The molecule has 1 aliphatic heterocycles. The number of halogens is 2. The predicted molar refractivity (Wildman–Crippen MR) is 112 cm³/mol. The fourth-order valence-corrected chi connectivity index (χ4v) is 3.62. The van der Waals surface area contributed by atoms with E-state index in [1.165, 1.54) is 30.3 Å². The fourth-order valence-electron chi connectivity index (χ4n) is 3.62. The van der Waals surface area contributed by atoms with Crippen molar-refractivity contribution < 1.29 is 18.4 Å². The zero-order valence-electron chi connectivity index (χ0n) is 17.3. The van der Waals surface area contributed by atoms with Crippen LogP contribution in [0.3, 0.4) is 0 Å². The van der Waals surface area contributed by atoms with Crippen LogP contribution in [0.5, 0.6) is 0 Å². The maximum atomic E-state index is 13.9. The number of carbonyl (C=O) groups is 2. The first-order valence-electron chi connectivity index (χ1n) is 10.2. The van der Waals surface area contributed by atoms with Gasteiger partial charge in [-0.05, 0) is 48.7 Å². The Labute approximate surface area is 175 Å². The molecule has 1 heterocycles. The molecule has 0 spiro atoms. The van der Waals surface area contributed by atoms with Gasteiger partial charge in [0, 0.05) is 31.9 Å². The summed E-state index contributed by atoms with van der Waals surface area (Å²) in [7, 11) is 0. The lowest BCUT2D eigenvalue weighted by atomic mass is 10.0. The SMILES string of the molecule is CC(C)C(NC(=O)c1ccccc1F)C(=O)N1CCCN(c2ccc(F)cc2)CC1. The van der Waals surface area contributed by atoms with Crippen molar-refractivity contribution >= 4 is 17.5 Å². The number of hydrogen-bond acceptors (Lipinski definition) is 3. The number of rotatable bonds is 5. The van der Waals surface area contributed by atoms with Gasteiger partial charge in [0.05, 0.1) is 5.56 Å². The van der Waals surface area contributed by atoms with Gasteiger partial charge in [-0.2, -0.15) is 0 Å². The minimum Gasteiger partial charge on any atom is -0.370 e. The normalized spacial score (nSPS) is 15.6. The molecule has 5 nitrogen and oxygen atoms in total. The molecule has 160 valence electrons. The summed E-state index contributed by atoms with van der Waals surface area (Å²) in [5, 5.41) is 2.71. The number of nitrogens with one attached hydrogen (secondary N) is 1. The summed E-state index contributed by atoms with van der Waals surface area (Å²) in [5.74, 6) is -1.81. The molecular weight excluding hydrogens is 388 g/mol. The molecule has 2 amide bonds. The van der Waals surface area contributed by atoms with Crippen molar-refractivity contribution in [1.29, 1.82) is 0 Å². The van der Waals surface area contributed by atoms with E-state index in [4.69, 9.17) is 0 Å². The first-order chi connectivity index (χ1) is 14.4. The van der Waals surface area contributed by atoms with Crippen LogP contribution in [0.2, 0.25) is 0 Å². The average molecular weight is 415 g/mol. The van der Waals surface area contributed by atoms with Gasteiger partial charge < -0.3 is 15.1 Å². The van der Waals surface area contributed by atoms with Crippen LogP contribution < -0.4 is 10.2 Å². The van der Waals surface area contributed by atoms with Crippen molar-refractivity contribution in [3.63, 3.8) is 0 Å². The lowest BCUT2D eigenvalue weighted by Gasteiger charge is -2.29. The van der Waals surface area contributed by atoms with Crippen LogP contribution in [-0.4, -0.2) is 48.9 Å². The van der Waals surface area contributed by atoms with Gasteiger partial charge in [-0.1, -0.05) is 26.0 Å². The lowest BCUT2D eigenvalue weighted by molar-refractivity contribution is -0.134. The van der Waals surface area contributed by atoms with Gasteiger partial charge in [0.15, 0.2) is 0 Å². The molecule has 30 heavy (non-hydrogen) atoms. The van der Waals surface area contributed by atoms with Crippen LogP contribution in [-0.2, 0) is 4.79 Å². The molecule has 1 atom stereocenters. The Morgan fingerprint density at radius 3 is 2.30 bits per heavy atom. The Morgan fingerprint density at radius 1 is 0.933 bits per heavy atom. The summed E-state index contributed by atoms with van der Waals surface area (Å²) in [6.45, 7) is 6.14.